The fourth-order valence-electron chi connectivity index (χ4n) is 2.10. The number of halogens is 1. The van der Waals surface area contributed by atoms with Gasteiger partial charge in [0.05, 0.1) is 30.4 Å². The normalized spacial score (nSPS) is 10.5. The van der Waals surface area contributed by atoms with Crippen LogP contribution in [0.15, 0.2) is 46.0 Å². The molecular weight excluding hydrogens is 436 g/mol. The quantitative estimate of drug-likeness (QED) is 0.334. The fraction of sp³-hybridized carbons (Fsp3) is 0.118. The number of nitro groups is 1. The van der Waals surface area contributed by atoms with Gasteiger partial charge in [-0.05, 0) is 34.1 Å². The number of aromatic hydroxyl groups is 1. The van der Waals surface area contributed by atoms with Gasteiger partial charge in [0, 0.05) is 16.1 Å². The minimum Gasteiger partial charge on any atom is -0.500 e. The van der Waals surface area contributed by atoms with Crippen molar-refractivity contribution in [3.63, 3.8) is 0 Å². The van der Waals surface area contributed by atoms with Crippen LogP contribution in [-0.4, -0.2) is 41.7 Å². The minimum atomic E-state index is -0.773. The molecule has 0 heterocycles. The van der Waals surface area contributed by atoms with Gasteiger partial charge in [0.15, 0.2) is 5.75 Å². The summed E-state index contributed by atoms with van der Waals surface area (Å²) < 4.78 is 5.46. The predicted molar refractivity (Wildman–Crippen MR) is 104 cm³/mol. The molecule has 2 amide bonds. The lowest BCUT2D eigenvalue weighted by atomic mass is 10.2. The first-order valence-corrected chi connectivity index (χ1v) is 8.52. The Balaban J connectivity index is 1.96. The first-order valence-electron chi connectivity index (χ1n) is 7.73. The molecule has 0 saturated carbocycles. The van der Waals surface area contributed by atoms with Crippen molar-refractivity contribution in [1.29, 1.82) is 0 Å². The van der Waals surface area contributed by atoms with E-state index in [-0.39, 0.29) is 17.9 Å². The van der Waals surface area contributed by atoms with Crippen molar-refractivity contribution >= 4 is 39.6 Å². The number of rotatable bonds is 7. The Kier molecular flexibility index (Phi) is 7.04. The second-order valence-corrected chi connectivity index (χ2v) is 6.16. The number of nitrogens with one attached hydrogen (secondary N) is 2. The maximum absolute atomic E-state index is 12.0. The summed E-state index contributed by atoms with van der Waals surface area (Å²) in [6.45, 7) is -0.323. The molecule has 0 saturated heterocycles. The Morgan fingerprint density at radius 2 is 2.07 bits per heavy atom. The van der Waals surface area contributed by atoms with E-state index in [9.17, 15) is 24.8 Å². The van der Waals surface area contributed by atoms with Gasteiger partial charge in [0.2, 0.25) is 5.75 Å². The Bertz CT molecular complexity index is 947. The van der Waals surface area contributed by atoms with Crippen LogP contribution in [0.5, 0.6) is 11.5 Å². The summed E-state index contributed by atoms with van der Waals surface area (Å²) in [4.78, 5) is 34.0. The third kappa shape index (κ3) is 5.27. The smallest absolute Gasteiger partial charge is 0.315 e. The lowest BCUT2D eigenvalue weighted by Crippen LogP contribution is -2.35. The van der Waals surface area contributed by atoms with Crippen LogP contribution in [-0.2, 0) is 4.79 Å². The number of benzene rings is 2. The molecular formula is C17H15BrN4O6. The molecule has 10 nitrogen and oxygen atoms in total. The van der Waals surface area contributed by atoms with Gasteiger partial charge < -0.3 is 15.2 Å². The highest BCUT2D eigenvalue weighted by Gasteiger charge is 2.19. The zero-order valence-electron chi connectivity index (χ0n) is 14.5. The molecule has 0 aliphatic carbocycles. The maximum atomic E-state index is 12.0. The van der Waals surface area contributed by atoms with E-state index in [2.05, 4.69) is 31.8 Å². The Hall–Kier alpha value is -3.47. The highest BCUT2D eigenvalue weighted by atomic mass is 79.9. The number of phenolic OH excluding ortho intramolecular Hbond substituents is 1. The van der Waals surface area contributed by atoms with Crippen molar-refractivity contribution in [3.8, 4) is 11.5 Å². The summed E-state index contributed by atoms with van der Waals surface area (Å²) in [6.07, 6.45) is 1.14. The molecule has 3 N–H and O–H groups in total. The van der Waals surface area contributed by atoms with Crippen LogP contribution < -0.4 is 15.5 Å². The molecule has 0 unspecified atom stereocenters. The highest BCUT2D eigenvalue weighted by molar-refractivity contribution is 9.10. The molecule has 28 heavy (non-hydrogen) atoms. The number of phenols is 1. The van der Waals surface area contributed by atoms with Crippen LogP contribution >= 0.6 is 15.9 Å². The summed E-state index contributed by atoms with van der Waals surface area (Å²) in [5.41, 5.74) is 2.22. The zero-order chi connectivity index (χ0) is 20.7. The first-order chi connectivity index (χ1) is 13.3. The van der Waals surface area contributed by atoms with Crippen molar-refractivity contribution in [1.82, 2.24) is 10.7 Å². The van der Waals surface area contributed by atoms with Crippen LogP contribution in [0.25, 0.3) is 0 Å². The number of hydrazone groups is 1. The van der Waals surface area contributed by atoms with Crippen LogP contribution in [0.3, 0.4) is 0 Å². The van der Waals surface area contributed by atoms with E-state index in [4.69, 9.17) is 4.74 Å². The minimum absolute atomic E-state index is 0.109. The second kappa shape index (κ2) is 9.46. The molecule has 0 aliphatic rings. The zero-order valence-corrected chi connectivity index (χ0v) is 16.1. The number of hydrogen-bond acceptors (Lipinski definition) is 7. The maximum Gasteiger partial charge on any atom is 0.315 e. The van der Waals surface area contributed by atoms with Crippen molar-refractivity contribution in [2.75, 3.05) is 13.7 Å². The molecule has 2 aromatic carbocycles. The topological polar surface area (TPSA) is 143 Å². The number of hydrogen-bond donors (Lipinski definition) is 3. The summed E-state index contributed by atoms with van der Waals surface area (Å²) in [5.74, 6) is -1.76. The number of carbonyl (C=O) groups is 2. The standard InChI is InChI=1S/C17H15BrN4O6/c1-28-14-7-10(6-13(16(14)24)22(26)27)8-20-21-15(23)9-19-17(25)11-4-2-3-5-12(11)18/h2-8,24H,9H2,1H3,(H,19,25)(H,21,23). The van der Waals surface area contributed by atoms with Crippen molar-refractivity contribution in [2.45, 2.75) is 0 Å². The number of carbonyl (C=O) groups excluding carboxylic acids is 2. The van der Waals surface area contributed by atoms with E-state index in [0.29, 0.717) is 10.0 Å². The first kappa shape index (κ1) is 20.8. The van der Waals surface area contributed by atoms with Gasteiger partial charge in [-0.15, -0.1) is 0 Å². The predicted octanol–water partition coefficient (Wildman–Crippen LogP) is 1.95. The molecule has 0 atom stereocenters. The molecule has 0 bridgehead atoms. The number of methoxy groups -OCH3 is 1. The Morgan fingerprint density at radius 1 is 1.36 bits per heavy atom. The highest BCUT2D eigenvalue weighted by Crippen LogP contribution is 2.36. The summed E-state index contributed by atoms with van der Waals surface area (Å²) in [5, 5.41) is 26.8. The monoisotopic (exact) mass is 450 g/mol. The molecule has 0 fully saturated rings. The van der Waals surface area contributed by atoms with Gasteiger partial charge >= 0.3 is 5.69 Å². The van der Waals surface area contributed by atoms with Crippen LogP contribution in [0.4, 0.5) is 5.69 Å². The van der Waals surface area contributed by atoms with Gasteiger partial charge in [-0.1, -0.05) is 12.1 Å². The van der Waals surface area contributed by atoms with E-state index in [1.165, 1.54) is 13.2 Å². The number of nitrogens with zero attached hydrogens (tertiary/aromatic N) is 2. The van der Waals surface area contributed by atoms with E-state index in [0.717, 1.165) is 12.3 Å². The average Bonchev–Trinajstić information content (AvgIpc) is 2.67. The van der Waals surface area contributed by atoms with Crippen LogP contribution in [0, 0.1) is 10.1 Å². The lowest BCUT2D eigenvalue weighted by Gasteiger charge is -2.06. The van der Waals surface area contributed by atoms with E-state index < -0.39 is 28.2 Å². The lowest BCUT2D eigenvalue weighted by molar-refractivity contribution is -0.386. The van der Waals surface area contributed by atoms with Gasteiger partial charge in [-0.25, -0.2) is 5.43 Å². The SMILES string of the molecule is COc1cc(C=NNC(=O)CNC(=O)c2ccccc2Br)cc([N+](=O)[O-])c1O. The van der Waals surface area contributed by atoms with E-state index >= 15 is 0 Å². The number of nitro benzene ring substituents is 1. The van der Waals surface area contributed by atoms with Gasteiger partial charge in [-0.2, -0.15) is 5.10 Å². The van der Waals surface area contributed by atoms with E-state index in [1.807, 2.05) is 0 Å². The van der Waals surface area contributed by atoms with Crippen LogP contribution in [0.2, 0.25) is 0 Å². The fourth-order valence-corrected chi connectivity index (χ4v) is 2.57. The molecule has 11 heteroatoms. The molecule has 146 valence electrons. The molecule has 2 rings (SSSR count). The Morgan fingerprint density at radius 3 is 2.71 bits per heavy atom. The average molecular weight is 451 g/mol. The van der Waals surface area contributed by atoms with E-state index in [1.54, 1.807) is 24.3 Å². The Labute approximate surface area is 167 Å². The van der Waals surface area contributed by atoms with Gasteiger partial charge in [-0.3, -0.25) is 19.7 Å². The van der Waals surface area contributed by atoms with Crippen molar-refractivity contribution in [3.05, 3.63) is 62.1 Å². The van der Waals surface area contributed by atoms with Gasteiger partial charge in [0.1, 0.15) is 0 Å². The molecule has 2 aromatic rings. The summed E-state index contributed by atoms with van der Waals surface area (Å²) in [6, 6.07) is 9.12. The summed E-state index contributed by atoms with van der Waals surface area (Å²) in [7, 11) is 1.25. The summed E-state index contributed by atoms with van der Waals surface area (Å²) >= 11 is 3.24. The molecule has 0 radical (unpaired) electrons. The van der Waals surface area contributed by atoms with Crippen molar-refractivity contribution in [2.24, 2.45) is 5.10 Å². The third-order valence-corrected chi connectivity index (χ3v) is 4.12. The molecule has 0 spiro atoms. The largest absolute Gasteiger partial charge is 0.500 e. The molecule has 0 aromatic heterocycles. The molecule has 0 aliphatic heterocycles. The number of amides is 2. The third-order valence-electron chi connectivity index (χ3n) is 3.42. The number of ether oxygens (including phenoxy) is 1. The van der Waals surface area contributed by atoms with Crippen molar-refractivity contribution < 1.29 is 24.4 Å². The second-order valence-electron chi connectivity index (χ2n) is 5.30. The van der Waals surface area contributed by atoms with Gasteiger partial charge in [0.25, 0.3) is 11.8 Å². The van der Waals surface area contributed by atoms with Crippen LogP contribution in [0.1, 0.15) is 15.9 Å².